The number of ether oxygens (including phenoxy) is 1. The van der Waals surface area contributed by atoms with E-state index in [2.05, 4.69) is 48.0 Å². The number of hydrogen-bond acceptors (Lipinski definition) is 3. The van der Waals surface area contributed by atoms with Gasteiger partial charge in [-0.15, -0.1) is 0 Å². The summed E-state index contributed by atoms with van der Waals surface area (Å²) in [4.78, 5) is 4.95. The van der Waals surface area contributed by atoms with Crippen molar-refractivity contribution in [1.82, 2.24) is 9.80 Å². The van der Waals surface area contributed by atoms with Crippen LogP contribution in [0.3, 0.4) is 0 Å². The Hall–Kier alpha value is -1.06. The van der Waals surface area contributed by atoms with Crippen LogP contribution in [0.4, 0.5) is 0 Å². The molecule has 3 nitrogen and oxygen atoms in total. The molecule has 1 aliphatic rings. The molecule has 0 N–H and O–H groups in total. The van der Waals surface area contributed by atoms with Crippen molar-refractivity contribution in [2.24, 2.45) is 0 Å². The van der Waals surface area contributed by atoms with Gasteiger partial charge in [0.05, 0.1) is 6.61 Å². The lowest BCUT2D eigenvalue weighted by Crippen LogP contribution is -2.43. The van der Waals surface area contributed by atoms with Crippen molar-refractivity contribution < 1.29 is 4.74 Å². The number of hydrogen-bond donors (Lipinski definition) is 0. The lowest BCUT2D eigenvalue weighted by molar-refractivity contribution is 0.148. The van der Waals surface area contributed by atoms with E-state index in [0.29, 0.717) is 0 Å². The van der Waals surface area contributed by atoms with E-state index < -0.39 is 0 Å². The normalized spacial score (nSPS) is 15.9. The van der Waals surface area contributed by atoms with E-state index in [9.17, 15) is 0 Å². The highest BCUT2D eigenvalue weighted by Gasteiger charge is 2.13. The first-order valence-corrected chi connectivity index (χ1v) is 11.4. The van der Waals surface area contributed by atoms with Crippen molar-refractivity contribution in [3.63, 3.8) is 0 Å². The summed E-state index contributed by atoms with van der Waals surface area (Å²) in [6.07, 6.45) is 13.7. The van der Waals surface area contributed by atoms with Crippen molar-refractivity contribution >= 4 is 0 Å². The molecule has 0 atom stereocenters. The second-order valence-electron chi connectivity index (χ2n) is 8.25. The molecule has 0 radical (unpaired) electrons. The summed E-state index contributed by atoms with van der Waals surface area (Å²) in [5, 5.41) is 0. The maximum atomic E-state index is 5.92. The minimum Gasteiger partial charge on any atom is -0.494 e. The van der Waals surface area contributed by atoms with Crippen LogP contribution >= 0.6 is 0 Å². The van der Waals surface area contributed by atoms with Gasteiger partial charge < -0.3 is 9.64 Å². The monoisotopic (exact) mass is 374 g/mol. The molecule has 27 heavy (non-hydrogen) atoms. The molecule has 3 heteroatoms. The molecule has 1 fully saturated rings. The van der Waals surface area contributed by atoms with Gasteiger partial charge in [0.2, 0.25) is 0 Å². The molecule has 154 valence electrons. The van der Waals surface area contributed by atoms with E-state index in [0.717, 1.165) is 18.9 Å². The number of unbranched alkanes of at least 4 members (excludes halogenated alkanes) is 9. The lowest BCUT2D eigenvalue weighted by atomic mass is 10.1. The molecule has 0 aromatic heterocycles. The smallest absolute Gasteiger partial charge is 0.119 e. The highest BCUT2D eigenvalue weighted by Crippen LogP contribution is 2.16. The molecule has 1 saturated heterocycles. The number of rotatable bonds is 14. The first-order chi connectivity index (χ1) is 13.3. The van der Waals surface area contributed by atoms with Gasteiger partial charge in [-0.3, -0.25) is 4.90 Å². The Bertz CT molecular complexity index is 466. The molecule has 0 unspecified atom stereocenters. The van der Waals surface area contributed by atoms with Crippen LogP contribution in [-0.4, -0.2) is 49.6 Å². The van der Waals surface area contributed by atoms with Crippen LogP contribution in [0, 0.1) is 0 Å². The van der Waals surface area contributed by atoms with Crippen molar-refractivity contribution in [1.29, 1.82) is 0 Å². The fourth-order valence-corrected chi connectivity index (χ4v) is 3.73. The predicted octanol–water partition coefficient (Wildman–Crippen LogP) is 5.73. The zero-order valence-electron chi connectivity index (χ0n) is 17.9. The standard InChI is InChI=1S/C24H42N2O/c1-3-4-5-6-7-8-9-10-11-12-21-27-24-15-13-23(14-16-24)22-26-19-17-25(2)18-20-26/h13-16H,3-12,17-22H2,1-2H3. The van der Waals surface area contributed by atoms with E-state index in [1.165, 1.54) is 96.0 Å². The van der Waals surface area contributed by atoms with Crippen LogP contribution in [0.15, 0.2) is 24.3 Å². The molecule has 0 aliphatic carbocycles. The fraction of sp³-hybridized carbons (Fsp3) is 0.750. The summed E-state index contributed by atoms with van der Waals surface area (Å²) in [5.41, 5.74) is 1.39. The summed E-state index contributed by atoms with van der Waals surface area (Å²) < 4.78 is 5.92. The Morgan fingerprint density at radius 1 is 0.741 bits per heavy atom. The van der Waals surface area contributed by atoms with Crippen LogP contribution in [0.2, 0.25) is 0 Å². The van der Waals surface area contributed by atoms with Crippen LogP contribution < -0.4 is 4.74 Å². The number of piperazine rings is 1. The zero-order valence-corrected chi connectivity index (χ0v) is 17.9. The predicted molar refractivity (Wildman–Crippen MR) is 117 cm³/mol. The average molecular weight is 375 g/mol. The fourth-order valence-electron chi connectivity index (χ4n) is 3.73. The van der Waals surface area contributed by atoms with Gasteiger partial charge in [-0.1, -0.05) is 76.8 Å². The molecular weight excluding hydrogens is 332 g/mol. The molecule has 1 aromatic rings. The molecule has 0 saturated carbocycles. The minimum absolute atomic E-state index is 0.855. The summed E-state index contributed by atoms with van der Waals surface area (Å²) in [7, 11) is 2.21. The summed E-state index contributed by atoms with van der Waals surface area (Å²) in [6.45, 7) is 8.91. The van der Waals surface area contributed by atoms with Crippen molar-refractivity contribution in [2.45, 2.75) is 77.7 Å². The minimum atomic E-state index is 0.855. The average Bonchev–Trinajstić information content (AvgIpc) is 2.69. The van der Waals surface area contributed by atoms with Gasteiger partial charge in [-0.05, 0) is 31.2 Å². The molecule has 0 spiro atoms. The van der Waals surface area contributed by atoms with Gasteiger partial charge in [0.1, 0.15) is 5.75 Å². The first kappa shape index (κ1) is 22.2. The molecule has 1 aliphatic heterocycles. The first-order valence-electron chi connectivity index (χ1n) is 11.4. The highest BCUT2D eigenvalue weighted by atomic mass is 16.5. The molecule has 0 bridgehead atoms. The van der Waals surface area contributed by atoms with Crippen LogP contribution in [0.1, 0.15) is 76.7 Å². The molecular formula is C24H42N2O. The second-order valence-corrected chi connectivity index (χ2v) is 8.25. The highest BCUT2D eigenvalue weighted by molar-refractivity contribution is 5.27. The van der Waals surface area contributed by atoms with E-state index in [1.807, 2.05) is 0 Å². The zero-order chi connectivity index (χ0) is 19.2. The molecule has 1 heterocycles. The third-order valence-electron chi connectivity index (χ3n) is 5.69. The van der Waals surface area contributed by atoms with Gasteiger partial charge in [0, 0.05) is 32.7 Å². The van der Waals surface area contributed by atoms with E-state index >= 15 is 0 Å². The topological polar surface area (TPSA) is 15.7 Å². The van der Waals surface area contributed by atoms with Crippen molar-refractivity contribution in [2.75, 3.05) is 39.8 Å². The SMILES string of the molecule is CCCCCCCCCCCCOc1ccc(CN2CCN(C)CC2)cc1. The Kier molecular flexibility index (Phi) is 11.5. The Balaban J connectivity index is 1.47. The van der Waals surface area contributed by atoms with E-state index in [4.69, 9.17) is 4.74 Å². The maximum Gasteiger partial charge on any atom is 0.119 e. The van der Waals surface area contributed by atoms with Crippen LogP contribution in [-0.2, 0) is 6.54 Å². The summed E-state index contributed by atoms with van der Waals surface area (Å²) in [5.74, 6) is 1.02. The number of likely N-dealkylation sites (N-methyl/N-ethyl adjacent to an activating group) is 1. The largest absolute Gasteiger partial charge is 0.494 e. The van der Waals surface area contributed by atoms with Crippen molar-refractivity contribution in [3.8, 4) is 5.75 Å². The van der Waals surface area contributed by atoms with E-state index in [1.54, 1.807) is 0 Å². The maximum absolute atomic E-state index is 5.92. The van der Waals surface area contributed by atoms with Gasteiger partial charge in [0.25, 0.3) is 0 Å². The Morgan fingerprint density at radius 3 is 1.89 bits per heavy atom. The van der Waals surface area contributed by atoms with Crippen LogP contribution in [0.5, 0.6) is 5.75 Å². The lowest BCUT2D eigenvalue weighted by Gasteiger charge is -2.32. The van der Waals surface area contributed by atoms with Crippen LogP contribution in [0.25, 0.3) is 0 Å². The Labute approximate surface area is 168 Å². The summed E-state index contributed by atoms with van der Waals surface area (Å²) >= 11 is 0. The number of benzene rings is 1. The van der Waals surface area contributed by atoms with Crippen molar-refractivity contribution in [3.05, 3.63) is 29.8 Å². The van der Waals surface area contributed by atoms with Gasteiger partial charge in [-0.25, -0.2) is 0 Å². The molecule has 2 rings (SSSR count). The van der Waals surface area contributed by atoms with Gasteiger partial charge in [0.15, 0.2) is 0 Å². The second kappa shape index (κ2) is 14.0. The van der Waals surface area contributed by atoms with E-state index in [-0.39, 0.29) is 0 Å². The Morgan fingerprint density at radius 2 is 1.30 bits per heavy atom. The summed E-state index contributed by atoms with van der Waals surface area (Å²) in [6, 6.07) is 8.74. The van der Waals surface area contributed by atoms with Gasteiger partial charge >= 0.3 is 0 Å². The third-order valence-corrected chi connectivity index (χ3v) is 5.69. The quantitative estimate of drug-likeness (QED) is 0.387. The molecule has 1 aromatic carbocycles. The number of nitrogens with zero attached hydrogens (tertiary/aromatic N) is 2. The third kappa shape index (κ3) is 10.2. The van der Waals surface area contributed by atoms with Gasteiger partial charge in [-0.2, -0.15) is 0 Å². The molecule has 0 amide bonds.